The van der Waals surface area contributed by atoms with Gasteiger partial charge in [0, 0.05) is 26.2 Å². The molecule has 0 radical (unpaired) electrons. The first-order chi connectivity index (χ1) is 10.2. The van der Waals surface area contributed by atoms with E-state index in [2.05, 4.69) is 15.5 Å². The van der Waals surface area contributed by atoms with Crippen LogP contribution in [-0.4, -0.2) is 50.3 Å². The summed E-state index contributed by atoms with van der Waals surface area (Å²) in [7, 11) is 0. The second-order valence-electron chi connectivity index (χ2n) is 5.04. The Labute approximate surface area is 124 Å². The van der Waals surface area contributed by atoms with Crippen LogP contribution in [-0.2, 0) is 11.3 Å². The van der Waals surface area contributed by atoms with E-state index in [1.54, 1.807) is 12.1 Å². The molecule has 21 heavy (non-hydrogen) atoms. The normalized spacial score (nSPS) is 15.7. The molecule has 2 rings (SSSR count). The van der Waals surface area contributed by atoms with Crippen LogP contribution in [0.25, 0.3) is 0 Å². The van der Waals surface area contributed by atoms with Gasteiger partial charge in [-0.25, -0.2) is 9.18 Å². The van der Waals surface area contributed by atoms with Crippen LogP contribution >= 0.6 is 0 Å². The van der Waals surface area contributed by atoms with E-state index in [1.165, 1.54) is 12.1 Å². The molecule has 0 bridgehead atoms. The summed E-state index contributed by atoms with van der Waals surface area (Å²) in [6, 6.07) is 5.90. The molecule has 1 aliphatic rings. The molecule has 0 aromatic heterocycles. The third-order valence-electron chi connectivity index (χ3n) is 3.41. The van der Waals surface area contributed by atoms with E-state index in [-0.39, 0.29) is 11.8 Å². The molecule has 1 aromatic rings. The maximum Gasteiger partial charge on any atom is 0.315 e. The average Bonchev–Trinajstić information content (AvgIpc) is 2.52. The Bertz CT molecular complexity index is 433. The van der Waals surface area contributed by atoms with Crippen molar-refractivity contribution in [1.82, 2.24) is 15.5 Å². The second kappa shape index (κ2) is 8.59. The molecule has 0 spiro atoms. The molecular formula is C15H22FN3O2. The van der Waals surface area contributed by atoms with Crippen molar-refractivity contribution in [2.75, 3.05) is 39.4 Å². The number of amides is 2. The molecule has 1 fully saturated rings. The molecule has 5 nitrogen and oxygen atoms in total. The molecule has 1 aromatic carbocycles. The van der Waals surface area contributed by atoms with Gasteiger partial charge in [-0.3, -0.25) is 4.90 Å². The molecule has 1 saturated heterocycles. The maximum absolute atomic E-state index is 12.7. The number of urea groups is 1. The van der Waals surface area contributed by atoms with Crippen LogP contribution in [0.2, 0.25) is 0 Å². The van der Waals surface area contributed by atoms with Gasteiger partial charge in [0.2, 0.25) is 0 Å². The predicted octanol–water partition coefficient (Wildman–Crippen LogP) is 1.35. The molecule has 0 saturated carbocycles. The first-order valence-electron chi connectivity index (χ1n) is 7.30. The summed E-state index contributed by atoms with van der Waals surface area (Å²) in [5.41, 5.74) is 0.875. The number of nitrogens with one attached hydrogen (secondary N) is 2. The zero-order valence-corrected chi connectivity index (χ0v) is 12.1. The quantitative estimate of drug-likeness (QED) is 0.779. The van der Waals surface area contributed by atoms with Gasteiger partial charge in [-0.15, -0.1) is 0 Å². The van der Waals surface area contributed by atoms with Gasteiger partial charge < -0.3 is 15.4 Å². The van der Waals surface area contributed by atoms with Crippen molar-refractivity contribution < 1.29 is 13.9 Å². The number of ether oxygens (including phenoxy) is 1. The summed E-state index contributed by atoms with van der Waals surface area (Å²) >= 11 is 0. The van der Waals surface area contributed by atoms with Crippen LogP contribution in [0.15, 0.2) is 24.3 Å². The smallest absolute Gasteiger partial charge is 0.315 e. The number of carbonyl (C=O) groups is 1. The van der Waals surface area contributed by atoms with Crippen molar-refractivity contribution in [2.45, 2.75) is 13.0 Å². The Morgan fingerprint density at radius 2 is 1.90 bits per heavy atom. The Hall–Kier alpha value is -1.66. The van der Waals surface area contributed by atoms with Gasteiger partial charge in [-0.05, 0) is 30.7 Å². The summed E-state index contributed by atoms with van der Waals surface area (Å²) in [5.74, 6) is -0.272. The standard InChI is InChI=1S/C15H22FN3O2/c16-14-4-2-13(3-5-14)12-18-15(20)17-6-1-7-19-8-10-21-11-9-19/h2-5H,1,6-12H2,(H2,17,18,20). The monoisotopic (exact) mass is 295 g/mol. The first kappa shape index (κ1) is 15.7. The highest BCUT2D eigenvalue weighted by Gasteiger charge is 2.09. The minimum absolute atomic E-state index is 0.193. The molecule has 6 heteroatoms. The van der Waals surface area contributed by atoms with Crippen LogP contribution < -0.4 is 10.6 Å². The van der Waals surface area contributed by atoms with E-state index in [9.17, 15) is 9.18 Å². The van der Waals surface area contributed by atoms with Crippen LogP contribution in [0.5, 0.6) is 0 Å². The average molecular weight is 295 g/mol. The lowest BCUT2D eigenvalue weighted by molar-refractivity contribution is 0.0375. The summed E-state index contributed by atoms with van der Waals surface area (Å²) in [6.45, 7) is 5.55. The number of morpholine rings is 1. The van der Waals surface area contributed by atoms with Crippen molar-refractivity contribution in [3.05, 3.63) is 35.6 Å². The highest BCUT2D eigenvalue weighted by atomic mass is 19.1. The topological polar surface area (TPSA) is 53.6 Å². The van der Waals surface area contributed by atoms with Crippen LogP contribution in [0.3, 0.4) is 0 Å². The summed E-state index contributed by atoms with van der Waals surface area (Å²) in [5, 5.41) is 5.57. The second-order valence-corrected chi connectivity index (χ2v) is 5.04. The molecular weight excluding hydrogens is 273 g/mol. The van der Waals surface area contributed by atoms with Crippen LogP contribution in [0.1, 0.15) is 12.0 Å². The van der Waals surface area contributed by atoms with Gasteiger partial charge >= 0.3 is 6.03 Å². The van der Waals surface area contributed by atoms with E-state index < -0.39 is 0 Å². The fourth-order valence-corrected chi connectivity index (χ4v) is 2.18. The maximum atomic E-state index is 12.7. The number of nitrogens with zero attached hydrogens (tertiary/aromatic N) is 1. The van der Waals surface area contributed by atoms with Gasteiger partial charge in [0.15, 0.2) is 0 Å². The molecule has 2 N–H and O–H groups in total. The van der Waals surface area contributed by atoms with E-state index in [4.69, 9.17) is 4.74 Å². The zero-order valence-electron chi connectivity index (χ0n) is 12.1. The molecule has 2 amide bonds. The number of carbonyl (C=O) groups excluding carboxylic acids is 1. The van der Waals surface area contributed by atoms with E-state index in [1.807, 2.05) is 0 Å². The molecule has 0 unspecified atom stereocenters. The fraction of sp³-hybridized carbons (Fsp3) is 0.533. The van der Waals surface area contributed by atoms with Crippen molar-refractivity contribution in [1.29, 1.82) is 0 Å². The third-order valence-corrected chi connectivity index (χ3v) is 3.41. The number of hydrogen-bond acceptors (Lipinski definition) is 3. The van der Waals surface area contributed by atoms with Gasteiger partial charge in [0.1, 0.15) is 5.82 Å². The fourth-order valence-electron chi connectivity index (χ4n) is 2.18. The van der Waals surface area contributed by atoms with Gasteiger partial charge in [0.05, 0.1) is 13.2 Å². The molecule has 1 aliphatic heterocycles. The number of hydrogen-bond donors (Lipinski definition) is 2. The van der Waals surface area contributed by atoms with Crippen molar-refractivity contribution >= 4 is 6.03 Å². The minimum Gasteiger partial charge on any atom is -0.379 e. The Kier molecular flexibility index (Phi) is 6.43. The van der Waals surface area contributed by atoms with Gasteiger partial charge in [-0.2, -0.15) is 0 Å². The minimum atomic E-state index is -0.272. The van der Waals surface area contributed by atoms with Gasteiger partial charge in [-0.1, -0.05) is 12.1 Å². The summed E-state index contributed by atoms with van der Waals surface area (Å²) in [6.07, 6.45) is 0.921. The van der Waals surface area contributed by atoms with Crippen molar-refractivity contribution in [3.63, 3.8) is 0 Å². The number of halogens is 1. The Balaban J connectivity index is 1.54. The molecule has 116 valence electrons. The van der Waals surface area contributed by atoms with E-state index >= 15 is 0 Å². The Morgan fingerprint density at radius 1 is 1.19 bits per heavy atom. The van der Waals surface area contributed by atoms with E-state index in [0.717, 1.165) is 44.8 Å². The SMILES string of the molecule is O=C(NCCCN1CCOCC1)NCc1ccc(F)cc1. The van der Waals surface area contributed by atoms with E-state index in [0.29, 0.717) is 13.1 Å². The molecule has 0 aliphatic carbocycles. The number of benzene rings is 1. The highest BCUT2D eigenvalue weighted by molar-refractivity contribution is 5.73. The number of rotatable bonds is 6. The van der Waals surface area contributed by atoms with Crippen molar-refractivity contribution in [3.8, 4) is 0 Å². The lowest BCUT2D eigenvalue weighted by Gasteiger charge is -2.26. The first-order valence-corrected chi connectivity index (χ1v) is 7.30. The molecule has 1 heterocycles. The third kappa shape index (κ3) is 6.10. The van der Waals surface area contributed by atoms with Crippen LogP contribution in [0, 0.1) is 5.82 Å². The zero-order chi connectivity index (χ0) is 14.9. The molecule has 0 atom stereocenters. The highest BCUT2D eigenvalue weighted by Crippen LogP contribution is 2.02. The lowest BCUT2D eigenvalue weighted by atomic mass is 10.2. The lowest BCUT2D eigenvalue weighted by Crippen LogP contribution is -2.39. The predicted molar refractivity (Wildman–Crippen MR) is 78.5 cm³/mol. The van der Waals surface area contributed by atoms with Gasteiger partial charge in [0.25, 0.3) is 0 Å². The summed E-state index contributed by atoms with van der Waals surface area (Å²) < 4.78 is 18.0. The van der Waals surface area contributed by atoms with Crippen molar-refractivity contribution in [2.24, 2.45) is 0 Å². The summed E-state index contributed by atoms with van der Waals surface area (Å²) in [4.78, 5) is 13.9. The largest absolute Gasteiger partial charge is 0.379 e. The Morgan fingerprint density at radius 3 is 2.62 bits per heavy atom. The van der Waals surface area contributed by atoms with Crippen LogP contribution in [0.4, 0.5) is 9.18 Å².